The molecular weight excluding hydrogens is 158 g/mol. The molecule has 0 saturated carbocycles. The van der Waals surface area contributed by atoms with Gasteiger partial charge in [-0.05, 0) is 0 Å². The summed E-state index contributed by atoms with van der Waals surface area (Å²) in [6, 6.07) is 0. The van der Waals surface area contributed by atoms with Crippen LogP contribution in [0.1, 0.15) is 5.01 Å². The Morgan fingerprint density at radius 1 is 1.89 bits per heavy atom. The van der Waals surface area contributed by atoms with Crippen molar-refractivity contribution in [3.63, 3.8) is 0 Å². The summed E-state index contributed by atoms with van der Waals surface area (Å²) in [5.41, 5.74) is 0. The fraction of sp³-hybridized carbons (Fsp3) is 0.250. The van der Waals surface area contributed by atoms with Gasteiger partial charge in [-0.3, -0.25) is 0 Å². The first-order valence-corrected chi connectivity index (χ1v) is 4.40. The average molecular weight is 163 g/mol. The molecule has 0 radical (unpaired) electrons. The standard InChI is InChI=1S/C4H5NO2S2/c6-9(7)3-4-5-1-2-8-4/h1-2H,3H2,(H,6,7). The molecule has 1 N–H and O–H groups in total. The highest BCUT2D eigenvalue weighted by Crippen LogP contribution is 2.05. The van der Waals surface area contributed by atoms with E-state index in [4.69, 9.17) is 4.55 Å². The van der Waals surface area contributed by atoms with Crippen molar-refractivity contribution in [3.05, 3.63) is 16.6 Å². The van der Waals surface area contributed by atoms with Crippen LogP contribution in [0.3, 0.4) is 0 Å². The molecule has 0 aliphatic rings. The monoisotopic (exact) mass is 163 g/mol. The lowest BCUT2D eigenvalue weighted by atomic mass is 10.8. The van der Waals surface area contributed by atoms with E-state index in [2.05, 4.69) is 4.98 Å². The number of hydrogen-bond acceptors (Lipinski definition) is 3. The van der Waals surface area contributed by atoms with Crippen LogP contribution in [0, 0.1) is 0 Å². The fourth-order valence-electron chi connectivity index (χ4n) is 0.430. The van der Waals surface area contributed by atoms with E-state index in [0.717, 1.165) is 0 Å². The van der Waals surface area contributed by atoms with E-state index < -0.39 is 11.1 Å². The topological polar surface area (TPSA) is 50.2 Å². The van der Waals surface area contributed by atoms with Gasteiger partial charge in [0, 0.05) is 11.6 Å². The third-order valence-electron chi connectivity index (χ3n) is 0.730. The minimum absolute atomic E-state index is 0.150. The van der Waals surface area contributed by atoms with Gasteiger partial charge in [0.2, 0.25) is 0 Å². The maximum Gasteiger partial charge on any atom is 0.159 e. The minimum atomic E-state index is -1.75. The Balaban J connectivity index is 2.58. The van der Waals surface area contributed by atoms with Crippen molar-refractivity contribution in [2.24, 2.45) is 0 Å². The Morgan fingerprint density at radius 2 is 2.67 bits per heavy atom. The van der Waals surface area contributed by atoms with Crippen molar-refractivity contribution < 1.29 is 8.76 Å². The molecule has 50 valence electrons. The van der Waals surface area contributed by atoms with Gasteiger partial charge < -0.3 is 4.55 Å². The van der Waals surface area contributed by atoms with Crippen LogP contribution in [-0.4, -0.2) is 13.7 Å². The summed E-state index contributed by atoms with van der Waals surface area (Å²) < 4.78 is 18.5. The molecule has 3 nitrogen and oxygen atoms in total. The van der Waals surface area contributed by atoms with Gasteiger partial charge in [0.05, 0.1) is 0 Å². The van der Waals surface area contributed by atoms with Gasteiger partial charge >= 0.3 is 0 Å². The van der Waals surface area contributed by atoms with Crippen molar-refractivity contribution >= 4 is 22.4 Å². The van der Waals surface area contributed by atoms with Crippen molar-refractivity contribution in [1.82, 2.24) is 4.98 Å². The second kappa shape index (κ2) is 3.05. The van der Waals surface area contributed by atoms with Crippen LogP contribution in [0.15, 0.2) is 11.6 Å². The van der Waals surface area contributed by atoms with E-state index in [1.165, 1.54) is 11.3 Å². The van der Waals surface area contributed by atoms with Crippen LogP contribution in [0.5, 0.6) is 0 Å². The third-order valence-corrected chi connectivity index (χ3v) is 2.21. The summed E-state index contributed by atoms with van der Waals surface area (Å²) >= 11 is -0.360. The maximum absolute atomic E-state index is 10.1. The van der Waals surface area contributed by atoms with Crippen molar-refractivity contribution in [1.29, 1.82) is 0 Å². The molecule has 0 bridgehead atoms. The van der Waals surface area contributed by atoms with Crippen LogP contribution in [-0.2, 0) is 16.8 Å². The van der Waals surface area contributed by atoms with E-state index in [-0.39, 0.29) is 5.75 Å². The maximum atomic E-state index is 10.1. The van der Waals surface area contributed by atoms with E-state index >= 15 is 0 Å². The molecule has 0 saturated heterocycles. The van der Waals surface area contributed by atoms with Crippen LogP contribution < -0.4 is 0 Å². The molecule has 0 fully saturated rings. The van der Waals surface area contributed by atoms with Gasteiger partial charge in [0.15, 0.2) is 11.1 Å². The van der Waals surface area contributed by atoms with Crippen molar-refractivity contribution in [3.8, 4) is 0 Å². The zero-order valence-electron chi connectivity index (χ0n) is 4.48. The molecule has 1 heterocycles. The smallest absolute Gasteiger partial charge is 0.159 e. The van der Waals surface area contributed by atoms with Gasteiger partial charge in [-0.25, -0.2) is 9.19 Å². The lowest BCUT2D eigenvalue weighted by Gasteiger charge is -1.85. The molecule has 1 atom stereocenters. The Morgan fingerprint density at radius 3 is 3.11 bits per heavy atom. The van der Waals surface area contributed by atoms with E-state index in [9.17, 15) is 4.21 Å². The van der Waals surface area contributed by atoms with Crippen LogP contribution in [0.4, 0.5) is 0 Å². The molecule has 1 rings (SSSR count). The van der Waals surface area contributed by atoms with Gasteiger partial charge in [-0.15, -0.1) is 11.3 Å². The fourth-order valence-corrected chi connectivity index (χ4v) is 1.69. The first-order valence-electron chi connectivity index (χ1n) is 2.25. The van der Waals surface area contributed by atoms with Gasteiger partial charge in [0.25, 0.3) is 0 Å². The van der Waals surface area contributed by atoms with Crippen molar-refractivity contribution in [2.45, 2.75) is 5.75 Å². The van der Waals surface area contributed by atoms with Crippen molar-refractivity contribution in [2.75, 3.05) is 0 Å². The average Bonchev–Trinajstić information content (AvgIpc) is 2.15. The summed E-state index contributed by atoms with van der Waals surface area (Å²) in [6.45, 7) is 0. The van der Waals surface area contributed by atoms with Crippen LogP contribution in [0.2, 0.25) is 0 Å². The summed E-state index contributed by atoms with van der Waals surface area (Å²) in [4.78, 5) is 3.82. The lowest BCUT2D eigenvalue weighted by molar-refractivity contribution is 0.563. The molecule has 5 heteroatoms. The molecule has 0 aromatic carbocycles. The largest absolute Gasteiger partial charge is 0.306 e. The number of thiazole rings is 1. The number of rotatable bonds is 2. The molecule has 1 aromatic rings. The second-order valence-electron chi connectivity index (χ2n) is 1.39. The predicted octanol–water partition coefficient (Wildman–Crippen LogP) is 0.865. The molecule has 1 aromatic heterocycles. The quantitative estimate of drug-likeness (QED) is 0.658. The van der Waals surface area contributed by atoms with E-state index in [1.807, 2.05) is 0 Å². The highest BCUT2D eigenvalue weighted by atomic mass is 32.2. The van der Waals surface area contributed by atoms with Gasteiger partial charge in [-0.1, -0.05) is 0 Å². The Bertz CT molecular complexity index is 196. The molecule has 0 amide bonds. The normalized spacial score (nSPS) is 13.4. The lowest BCUT2D eigenvalue weighted by Crippen LogP contribution is -1.90. The minimum Gasteiger partial charge on any atom is -0.306 e. The molecule has 0 spiro atoms. The molecule has 1 unspecified atom stereocenters. The van der Waals surface area contributed by atoms with E-state index in [0.29, 0.717) is 5.01 Å². The second-order valence-corrected chi connectivity index (χ2v) is 3.30. The van der Waals surface area contributed by atoms with E-state index in [1.54, 1.807) is 11.6 Å². The first kappa shape index (κ1) is 6.85. The molecule has 0 aliphatic heterocycles. The molecule has 0 aliphatic carbocycles. The first-order chi connectivity index (χ1) is 4.29. The van der Waals surface area contributed by atoms with Crippen LogP contribution in [0.25, 0.3) is 0 Å². The van der Waals surface area contributed by atoms with Gasteiger partial charge in [-0.2, -0.15) is 0 Å². The molecular formula is C4H5NO2S2. The number of aromatic nitrogens is 1. The Kier molecular flexibility index (Phi) is 2.32. The Hall–Kier alpha value is -0.260. The van der Waals surface area contributed by atoms with Crippen LogP contribution >= 0.6 is 11.3 Å². The summed E-state index contributed by atoms with van der Waals surface area (Å²) in [5.74, 6) is 0.150. The predicted molar refractivity (Wildman–Crippen MR) is 36.6 cm³/mol. The zero-order chi connectivity index (χ0) is 6.69. The summed E-state index contributed by atoms with van der Waals surface area (Å²) in [6.07, 6.45) is 1.62. The van der Waals surface area contributed by atoms with Gasteiger partial charge in [0.1, 0.15) is 10.8 Å². The molecule has 9 heavy (non-hydrogen) atoms. The third kappa shape index (κ3) is 2.21. The highest BCUT2D eigenvalue weighted by molar-refractivity contribution is 7.78. The number of nitrogens with zero attached hydrogens (tertiary/aromatic N) is 1. The number of hydrogen-bond donors (Lipinski definition) is 1. The summed E-state index contributed by atoms with van der Waals surface area (Å²) in [7, 11) is 0. The SMILES string of the molecule is O=S(O)Cc1nccs1. The highest BCUT2D eigenvalue weighted by Gasteiger charge is 1.97. The zero-order valence-corrected chi connectivity index (χ0v) is 6.11. The Labute approximate surface area is 59.0 Å². The summed E-state index contributed by atoms with van der Waals surface area (Å²) in [5, 5.41) is 2.48.